The molecule has 0 fully saturated rings. The van der Waals surface area contributed by atoms with E-state index in [2.05, 4.69) is 17.2 Å². The van der Waals surface area contributed by atoms with E-state index < -0.39 is 0 Å². The Morgan fingerprint density at radius 3 is 2.76 bits per heavy atom. The van der Waals surface area contributed by atoms with Crippen LogP contribution in [-0.4, -0.2) is 31.8 Å². The molecule has 0 saturated heterocycles. The maximum atomic E-state index is 5.97. The molecule has 1 aliphatic heterocycles. The molecule has 1 N–H and O–H groups in total. The van der Waals surface area contributed by atoms with Gasteiger partial charge in [-0.05, 0) is 24.6 Å². The summed E-state index contributed by atoms with van der Waals surface area (Å²) in [6.07, 6.45) is 0.941. The summed E-state index contributed by atoms with van der Waals surface area (Å²) < 4.78 is 17.1. The number of hydrogen-bond donors (Lipinski definition) is 1. The Labute approximate surface area is 148 Å². The van der Waals surface area contributed by atoms with Gasteiger partial charge in [0.05, 0.1) is 12.6 Å². The van der Waals surface area contributed by atoms with Gasteiger partial charge in [0, 0.05) is 19.0 Å². The molecule has 2 aromatic carbocycles. The molecule has 25 heavy (non-hydrogen) atoms. The van der Waals surface area contributed by atoms with E-state index in [9.17, 15) is 0 Å². The molecule has 0 unspecified atom stereocenters. The van der Waals surface area contributed by atoms with Crippen molar-refractivity contribution in [2.75, 3.05) is 19.7 Å². The van der Waals surface area contributed by atoms with Crippen molar-refractivity contribution in [3.8, 4) is 11.5 Å². The quantitative estimate of drug-likeness (QED) is 0.800. The second-order valence-electron chi connectivity index (χ2n) is 5.93. The fraction of sp³-hybridized carbons (Fsp3) is 0.350. The predicted molar refractivity (Wildman–Crippen MR) is 98.2 cm³/mol. The van der Waals surface area contributed by atoms with Gasteiger partial charge >= 0.3 is 0 Å². The van der Waals surface area contributed by atoms with E-state index >= 15 is 0 Å². The van der Waals surface area contributed by atoms with Crippen molar-refractivity contribution in [1.29, 1.82) is 0 Å². The summed E-state index contributed by atoms with van der Waals surface area (Å²) in [5.74, 6) is 1.62. The summed E-state index contributed by atoms with van der Waals surface area (Å²) in [4.78, 5) is 4.20. The molecule has 1 heterocycles. The van der Waals surface area contributed by atoms with Crippen LogP contribution in [0.5, 0.6) is 11.5 Å². The second kappa shape index (κ2) is 8.97. The molecule has 0 aromatic heterocycles. The van der Waals surface area contributed by atoms with Gasteiger partial charge in [-0.15, -0.1) is 0 Å². The molecule has 1 aliphatic rings. The molecule has 3 rings (SSSR count). The third-order valence-electron chi connectivity index (χ3n) is 3.80. The molecule has 1 atom stereocenters. The third-order valence-corrected chi connectivity index (χ3v) is 3.80. The van der Waals surface area contributed by atoms with Crippen LogP contribution >= 0.6 is 0 Å². The average Bonchev–Trinajstić information content (AvgIpc) is 3.15. The number of aliphatic imine (C=N–C) groups is 1. The molecule has 2 aromatic rings. The van der Waals surface area contributed by atoms with E-state index in [-0.39, 0.29) is 6.10 Å². The van der Waals surface area contributed by atoms with Crippen molar-refractivity contribution in [3.63, 3.8) is 0 Å². The van der Waals surface area contributed by atoms with Crippen molar-refractivity contribution in [2.45, 2.75) is 26.1 Å². The summed E-state index contributed by atoms with van der Waals surface area (Å²) in [5, 5.41) is 3.17. The van der Waals surface area contributed by atoms with Gasteiger partial charge in [0.15, 0.2) is 0 Å². The first kappa shape index (κ1) is 17.1. The summed E-state index contributed by atoms with van der Waals surface area (Å²) in [7, 11) is 0. The zero-order chi connectivity index (χ0) is 17.3. The fourth-order valence-electron chi connectivity index (χ4n) is 2.49. The van der Waals surface area contributed by atoms with Crippen LogP contribution in [0.15, 0.2) is 59.6 Å². The minimum absolute atomic E-state index is 0.0823. The molecular formula is C20H24N2O3. The lowest BCUT2D eigenvalue weighted by molar-refractivity contribution is 0.209. The van der Waals surface area contributed by atoms with Crippen LogP contribution < -0.4 is 14.8 Å². The molecule has 0 radical (unpaired) electrons. The highest BCUT2D eigenvalue weighted by atomic mass is 16.5. The Hall–Kier alpha value is -2.69. The minimum atomic E-state index is 0.0823. The first-order valence-electron chi connectivity index (χ1n) is 8.64. The SMILES string of the molecule is C[C@@H](CCNC1=NCCO1)Oc1cccc(OCc2ccccc2)c1. The normalized spacial score (nSPS) is 14.4. The number of benzene rings is 2. The average molecular weight is 340 g/mol. The molecule has 0 spiro atoms. The summed E-state index contributed by atoms with van der Waals surface area (Å²) >= 11 is 0. The molecule has 0 saturated carbocycles. The monoisotopic (exact) mass is 340 g/mol. The van der Waals surface area contributed by atoms with Gasteiger partial charge in [0.1, 0.15) is 24.7 Å². The zero-order valence-corrected chi connectivity index (χ0v) is 14.5. The first-order valence-corrected chi connectivity index (χ1v) is 8.64. The predicted octanol–water partition coefficient (Wildman–Crippen LogP) is 3.40. The van der Waals surface area contributed by atoms with Crippen LogP contribution in [-0.2, 0) is 11.3 Å². The van der Waals surface area contributed by atoms with Gasteiger partial charge in [0.25, 0.3) is 6.02 Å². The van der Waals surface area contributed by atoms with Gasteiger partial charge < -0.3 is 19.5 Å². The maximum absolute atomic E-state index is 5.97. The highest BCUT2D eigenvalue weighted by Gasteiger charge is 2.09. The van der Waals surface area contributed by atoms with Gasteiger partial charge in [-0.1, -0.05) is 36.4 Å². The highest BCUT2D eigenvalue weighted by molar-refractivity contribution is 5.74. The molecule has 132 valence electrons. The van der Waals surface area contributed by atoms with Crippen molar-refractivity contribution in [2.24, 2.45) is 4.99 Å². The van der Waals surface area contributed by atoms with Crippen molar-refractivity contribution < 1.29 is 14.2 Å². The topological polar surface area (TPSA) is 52.1 Å². The number of rotatable bonds is 8. The van der Waals surface area contributed by atoms with Gasteiger partial charge in [-0.2, -0.15) is 0 Å². The highest BCUT2D eigenvalue weighted by Crippen LogP contribution is 2.21. The van der Waals surface area contributed by atoms with Gasteiger partial charge in [-0.3, -0.25) is 0 Å². The van der Waals surface area contributed by atoms with Crippen LogP contribution in [0.3, 0.4) is 0 Å². The molecular weight excluding hydrogens is 316 g/mol. The van der Waals surface area contributed by atoms with E-state index in [1.165, 1.54) is 0 Å². The smallest absolute Gasteiger partial charge is 0.284 e. The molecule has 0 bridgehead atoms. The lowest BCUT2D eigenvalue weighted by atomic mass is 10.2. The summed E-state index contributed by atoms with van der Waals surface area (Å²) in [6, 6.07) is 18.5. The standard InChI is InChI=1S/C20H24N2O3/c1-16(10-11-21-20-22-12-13-23-20)25-19-9-5-8-18(14-19)24-15-17-6-3-2-4-7-17/h2-9,14,16H,10-13,15H2,1H3,(H,21,22)/t16-/m0/s1. The molecule has 0 amide bonds. The van der Waals surface area contributed by atoms with E-state index in [1.54, 1.807) is 0 Å². The number of hydrogen-bond acceptors (Lipinski definition) is 5. The number of nitrogens with one attached hydrogen (secondary N) is 1. The fourth-order valence-corrected chi connectivity index (χ4v) is 2.49. The Bertz CT molecular complexity index is 688. The van der Waals surface area contributed by atoms with E-state index in [4.69, 9.17) is 14.2 Å². The molecule has 0 aliphatic carbocycles. The second-order valence-corrected chi connectivity index (χ2v) is 5.93. The molecule has 5 heteroatoms. The number of ether oxygens (including phenoxy) is 3. The van der Waals surface area contributed by atoms with Crippen LogP contribution in [0.1, 0.15) is 18.9 Å². The lowest BCUT2D eigenvalue weighted by Gasteiger charge is -2.16. The number of amidine groups is 1. The largest absolute Gasteiger partial charge is 0.491 e. The van der Waals surface area contributed by atoms with E-state index in [0.717, 1.165) is 36.6 Å². The molecule has 5 nitrogen and oxygen atoms in total. The Morgan fingerprint density at radius 1 is 1.12 bits per heavy atom. The summed E-state index contributed by atoms with van der Waals surface area (Å²) in [6.45, 7) is 4.78. The summed E-state index contributed by atoms with van der Waals surface area (Å²) in [5.41, 5.74) is 1.14. The zero-order valence-electron chi connectivity index (χ0n) is 14.5. The van der Waals surface area contributed by atoms with Crippen molar-refractivity contribution in [1.82, 2.24) is 5.32 Å². The van der Waals surface area contributed by atoms with Crippen LogP contribution in [0, 0.1) is 0 Å². The van der Waals surface area contributed by atoms with Crippen molar-refractivity contribution >= 4 is 6.02 Å². The third kappa shape index (κ3) is 5.71. The first-order chi connectivity index (χ1) is 12.3. The van der Waals surface area contributed by atoms with Gasteiger partial charge in [-0.25, -0.2) is 4.99 Å². The lowest BCUT2D eigenvalue weighted by Crippen LogP contribution is -2.28. The Balaban J connectivity index is 1.44. The minimum Gasteiger partial charge on any atom is -0.491 e. The Kier molecular flexibility index (Phi) is 6.15. The Morgan fingerprint density at radius 2 is 1.96 bits per heavy atom. The van der Waals surface area contributed by atoms with E-state index in [1.807, 2.05) is 54.6 Å². The maximum Gasteiger partial charge on any atom is 0.284 e. The van der Waals surface area contributed by atoms with Crippen LogP contribution in [0.4, 0.5) is 0 Å². The van der Waals surface area contributed by atoms with Crippen LogP contribution in [0.2, 0.25) is 0 Å². The van der Waals surface area contributed by atoms with E-state index in [0.29, 0.717) is 19.2 Å². The number of nitrogens with zero attached hydrogens (tertiary/aromatic N) is 1. The van der Waals surface area contributed by atoms with Gasteiger partial charge in [0.2, 0.25) is 0 Å². The van der Waals surface area contributed by atoms with Crippen molar-refractivity contribution in [3.05, 3.63) is 60.2 Å². The van der Waals surface area contributed by atoms with Crippen LogP contribution in [0.25, 0.3) is 0 Å².